The van der Waals surface area contributed by atoms with Crippen molar-refractivity contribution in [3.05, 3.63) is 53.6 Å². The average molecular weight is 425 g/mol. The minimum atomic E-state index is 0.165. The molecule has 0 aromatic heterocycles. The summed E-state index contributed by atoms with van der Waals surface area (Å²) in [5.74, 6) is 3.39. The third kappa shape index (κ3) is 4.79. The van der Waals surface area contributed by atoms with Crippen LogP contribution in [0.4, 0.5) is 0 Å². The van der Waals surface area contributed by atoms with Crippen molar-refractivity contribution in [2.24, 2.45) is 5.92 Å². The lowest BCUT2D eigenvalue weighted by molar-refractivity contribution is -0.131. The van der Waals surface area contributed by atoms with Gasteiger partial charge in [-0.05, 0) is 53.6 Å². The topological polar surface area (TPSA) is 51.2 Å². The molecule has 0 bridgehead atoms. The number of ether oxygens (including phenoxy) is 3. The molecule has 0 aliphatic carbocycles. The van der Waals surface area contributed by atoms with Crippen LogP contribution >= 0.6 is 0 Å². The van der Waals surface area contributed by atoms with Crippen LogP contribution in [-0.2, 0) is 4.79 Å². The normalized spacial score (nSPS) is 20.3. The van der Waals surface area contributed by atoms with Crippen molar-refractivity contribution in [3.63, 3.8) is 0 Å². The molecule has 0 radical (unpaired) electrons. The summed E-state index contributed by atoms with van der Waals surface area (Å²) in [6, 6.07) is 14.6. The highest BCUT2D eigenvalue weighted by Crippen LogP contribution is 2.43. The molecule has 166 valence electrons. The Kier molecular flexibility index (Phi) is 6.37. The molecule has 1 saturated heterocycles. The summed E-state index contributed by atoms with van der Waals surface area (Å²) in [6.07, 6.45) is 0.952. The molecule has 1 amide bonds. The molecule has 2 atom stereocenters. The minimum Gasteiger partial charge on any atom is -0.497 e. The van der Waals surface area contributed by atoms with Gasteiger partial charge in [0, 0.05) is 26.2 Å². The number of methoxy groups -OCH3 is 1. The van der Waals surface area contributed by atoms with Gasteiger partial charge in [0.25, 0.3) is 0 Å². The molecule has 6 nitrogen and oxygen atoms in total. The second-order valence-corrected chi connectivity index (χ2v) is 8.93. The molecule has 0 saturated carbocycles. The summed E-state index contributed by atoms with van der Waals surface area (Å²) in [7, 11) is 3.58. The first-order valence-corrected chi connectivity index (χ1v) is 11.0. The number of fused-ring (bicyclic) bond motifs is 1. The molecule has 31 heavy (non-hydrogen) atoms. The van der Waals surface area contributed by atoms with Gasteiger partial charge in [0.05, 0.1) is 13.7 Å². The SMILES string of the molecule is COc1ccc(C2CC(c3ccc4c(c3)OCO4)CN2CC(=O)N(C)CC(C)C)cc1. The van der Waals surface area contributed by atoms with Crippen LogP contribution in [0.15, 0.2) is 42.5 Å². The van der Waals surface area contributed by atoms with Crippen LogP contribution in [0.5, 0.6) is 17.2 Å². The molecule has 0 N–H and O–H groups in total. The zero-order chi connectivity index (χ0) is 22.0. The van der Waals surface area contributed by atoms with Gasteiger partial charge in [0.15, 0.2) is 11.5 Å². The van der Waals surface area contributed by atoms with Crippen molar-refractivity contribution < 1.29 is 19.0 Å². The summed E-state index contributed by atoms with van der Waals surface area (Å²) in [5.41, 5.74) is 2.44. The zero-order valence-corrected chi connectivity index (χ0v) is 18.8. The van der Waals surface area contributed by atoms with Crippen LogP contribution in [0.2, 0.25) is 0 Å². The van der Waals surface area contributed by atoms with E-state index in [0.717, 1.165) is 36.8 Å². The van der Waals surface area contributed by atoms with E-state index < -0.39 is 0 Å². The summed E-state index contributed by atoms with van der Waals surface area (Å²) >= 11 is 0. The Morgan fingerprint density at radius 1 is 1.13 bits per heavy atom. The monoisotopic (exact) mass is 424 g/mol. The number of hydrogen-bond donors (Lipinski definition) is 0. The highest BCUT2D eigenvalue weighted by atomic mass is 16.7. The van der Waals surface area contributed by atoms with Crippen LogP contribution < -0.4 is 14.2 Å². The molecule has 4 rings (SSSR count). The number of likely N-dealkylation sites (tertiary alicyclic amines) is 1. The Bertz CT molecular complexity index is 912. The predicted molar refractivity (Wildman–Crippen MR) is 120 cm³/mol. The maximum Gasteiger partial charge on any atom is 0.236 e. The minimum absolute atomic E-state index is 0.165. The molecule has 6 heteroatoms. The van der Waals surface area contributed by atoms with E-state index in [1.165, 1.54) is 11.1 Å². The Morgan fingerprint density at radius 2 is 1.84 bits per heavy atom. The second-order valence-electron chi connectivity index (χ2n) is 8.93. The largest absolute Gasteiger partial charge is 0.497 e. The van der Waals surface area contributed by atoms with E-state index in [1.54, 1.807) is 7.11 Å². The van der Waals surface area contributed by atoms with Gasteiger partial charge in [0.1, 0.15) is 5.75 Å². The smallest absolute Gasteiger partial charge is 0.236 e. The molecule has 2 aromatic rings. The van der Waals surface area contributed by atoms with Crippen LogP contribution in [0.1, 0.15) is 43.4 Å². The lowest BCUT2D eigenvalue weighted by Crippen LogP contribution is -2.39. The maximum atomic E-state index is 12.9. The van der Waals surface area contributed by atoms with Crippen molar-refractivity contribution >= 4 is 5.91 Å². The van der Waals surface area contributed by atoms with Crippen LogP contribution in [0.25, 0.3) is 0 Å². The quantitative estimate of drug-likeness (QED) is 0.671. The van der Waals surface area contributed by atoms with Gasteiger partial charge in [0.2, 0.25) is 12.7 Å². The van der Waals surface area contributed by atoms with Crippen LogP contribution in [0.3, 0.4) is 0 Å². The van der Waals surface area contributed by atoms with E-state index in [9.17, 15) is 4.79 Å². The van der Waals surface area contributed by atoms with E-state index in [4.69, 9.17) is 14.2 Å². The molecule has 0 spiro atoms. The van der Waals surface area contributed by atoms with E-state index in [1.807, 2.05) is 30.1 Å². The second kappa shape index (κ2) is 9.18. The summed E-state index contributed by atoms with van der Waals surface area (Å²) < 4.78 is 16.4. The van der Waals surface area contributed by atoms with E-state index in [0.29, 0.717) is 18.4 Å². The molecule has 2 aliphatic rings. The van der Waals surface area contributed by atoms with Crippen molar-refractivity contribution in [3.8, 4) is 17.2 Å². The van der Waals surface area contributed by atoms with Crippen molar-refractivity contribution in [1.82, 2.24) is 9.80 Å². The highest BCUT2D eigenvalue weighted by Gasteiger charge is 2.36. The molecule has 2 aromatic carbocycles. The van der Waals surface area contributed by atoms with E-state index in [2.05, 4.69) is 43.0 Å². The van der Waals surface area contributed by atoms with Crippen molar-refractivity contribution in [2.75, 3.05) is 40.6 Å². The molecule has 2 unspecified atom stereocenters. The first kappa shape index (κ1) is 21.5. The Hall–Kier alpha value is -2.73. The Morgan fingerprint density at radius 3 is 2.55 bits per heavy atom. The fourth-order valence-electron chi connectivity index (χ4n) is 4.60. The molecule has 2 aliphatic heterocycles. The van der Waals surface area contributed by atoms with Gasteiger partial charge < -0.3 is 19.1 Å². The first-order chi connectivity index (χ1) is 14.9. The van der Waals surface area contributed by atoms with Crippen molar-refractivity contribution in [2.45, 2.75) is 32.2 Å². The van der Waals surface area contributed by atoms with E-state index in [-0.39, 0.29) is 18.7 Å². The van der Waals surface area contributed by atoms with Gasteiger partial charge in [-0.1, -0.05) is 32.0 Å². The maximum absolute atomic E-state index is 12.9. The van der Waals surface area contributed by atoms with Gasteiger partial charge >= 0.3 is 0 Å². The highest BCUT2D eigenvalue weighted by molar-refractivity contribution is 5.78. The number of hydrogen-bond acceptors (Lipinski definition) is 5. The summed E-state index contributed by atoms with van der Waals surface area (Å²) in [6.45, 7) is 6.57. The number of likely N-dealkylation sites (N-methyl/N-ethyl adjacent to an activating group) is 1. The molecule has 2 heterocycles. The van der Waals surface area contributed by atoms with Gasteiger partial charge in [-0.3, -0.25) is 9.69 Å². The molecular weight excluding hydrogens is 392 g/mol. The van der Waals surface area contributed by atoms with Gasteiger partial charge in [-0.15, -0.1) is 0 Å². The third-order valence-corrected chi connectivity index (χ3v) is 6.18. The zero-order valence-electron chi connectivity index (χ0n) is 18.8. The fourth-order valence-corrected chi connectivity index (χ4v) is 4.60. The standard InChI is InChI=1S/C25H32N2O4/c1-17(2)13-26(3)25(28)15-27-14-20(19-7-10-23-24(12-19)31-16-30-23)11-22(27)18-5-8-21(29-4)9-6-18/h5-10,12,17,20,22H,11,13-16H2,1-4H3. The number of benzene rings is 2. The predicted octanol–water partition coefficient (Wildman–Crippen LogP) is 4.07. The molecule has 1 fully saturated rings. The summed E-state index contributed by atoms with van der Waals surface area (Å²) in [5, 5.41) is 0. The lowest BCUT2D eigenvalue weighted by atomic mass is 9.93. The number of carbonyl (C=O) groups excluding carboxylic acids is 1. The first-order valence-electron chi connectivity index (χ1n) is 11.0. The van der Waals surface area contributed by atoms with Crippen LogP contribution in [0, 0.1) is 5.92 Å². The Balaban J connectivity index is 1.55. The third-order valence-electron chi connectivity index (χ3n) is 6.18. The van der Waals surface area contributed by atoms with E-state index >= 15 is 0 Å². The summed E-state index contributed by atoms with van der Waals surface area (Å²) in [4.78, 5) is 17.1. The average Bonchev–Trinajstić information content (AvgIpc) is 3.39. The lowest BCUT2D eigenvalue weighted by Gasteiger charge is -2.27. The van der Waals surface area contributed by atoms with Gasteiger partial charge in [-0.25, -0.2) is 0 Å². The molecular formula is C25H32N2O4. The Labute approximate surface area is 184 Å². The number of carbonyl (C=O) groups is 1. The number of rotatable bonds is 7. The van der Waals surface area contributed by atoms with Crippen LogP contribution in [-0.4, -0.2) is 56.3 Å². The van der Waals surface area contributed by atoms with Gasteiger partial charge in [-0.2, -0.15) is 0 Å². The fraction of sp³-hybridized carbons (Fsp3) is 0.480. The van der Waals surface area contributed by atoms with Crippen molar-refractivity contribution in [1.29, 1.82) is 0 Å². The number of amides is 1. The number of nitrogens with zero attached hydrogens (tertiary/aromatic N) is 2.